The molecule has 5 N–H and O–H groups in total. The van der Waals surface area contributed by atoms with E-state index < -0.39 is 0 Å². The van der Waals surface area contributed by atoms with Crippen molar-refractivity contribution in [2.24, 2.45) is 0 Å². The van der Waals surface area contributed by atoms with Crippen LogP contribution in [0.4, 0.5) is 11.6 Å². The minimum atomic E-state index is -0.0169. The molecule has 1 amide bonds. The van der Waals surface area contributed by atoms with Crippen molar-refractivity contribution in [3.63, 3.8) is 0 Å². The maximum absolute atomic E-state index is 12.7. The summed E-state index contributed by atoms with van der Waals surface area (Å²) in [4.78, 5) is 23.0. The van der Waals surface area contributed by atoms with Crippen LogP contribution < -0.4 is 21.1 Å². The minimum absolute atomic E-state index is 0.0152. The van der Waals surface area contributed by atoms with Crippen LogP contribution in [0.25, 0.3) is 0 Å². The SMILES string of the molecule is N=C(c1ccc(Oc2ccccc2)cc1)c1c(N)ncnc1NC1CCN(C(=O)C=CCNC2CCOC2)C1. The lowest BCUT2D eigenvalue weighted by atomic mass is 10.0. The highest BCUT2D eigenvalue weighted by molar-refractivity contribution is 6.16. The van der Waals surface area contributed by atoms with E-state index in [1.54, 1.807) is 6.08 Å². The van der Waals surface area contributed by atoms with E-state index in [1.807, 2.05) is 65.6 Å². The zero-order chi connectivity index (χ0) is 27.0. The van der Waals surface area contributed by atoms with E-state index in [4.69, 9.17) is 20.6 Å². The van der Waals surface area contributed by atoms with Gasteiger partial charge >= 0.3 is 0 Å². The number of hydrogen-bond donors (Lipinski definition) is 4. The summed E-state index contributed by atoms with van der Waals surface area (Å²) in [5.41, 5.74) is 7.50. The van der Waals surface area contributed by atoms with Crippen LogP contribution in [0, 0.1) is 5.41 Å². The Kier molecular flexibility index (Phi) is 8.45. The number of aromatic nitrogens is 2. The summed E-state index contributed by atoms with van der Waals surface area (Å²) in [5.74, 6) is 2.09. The first-order valence-electron chi connectivity index (χ1n) is 13.1. The largest absolute Gasteiger partial charge is 0.457 e. The average Bonchev–Trinajstić information content (AvgIpc) is 3.65. The third kappa shape index (κ3) is 6.78. The number of para-hydroxylation sites is 1. The topological polar surface area (TPSA) is 138 Å². The summed E-state index contributed by atoms with van der Waals surface area (Å²) < 4.78 is 11.2. The number of benzene rings is 2. The number of likely N-dealkylation sites (tertiary alicyclic amines) is 1. The Balaban J connectivity index is 1.19. The van der Waals surface area contributed by atoms with Crippen LogP contribution in [0.1, 0.15) is 24.0 Å². The summed E-state index contributed by atoms with van der Waals surface area (Å²) >= 11 is 0. The lowest BCUT2D eigenvalue weighted by molar-refractivity contribution is -0.125. The summed E-state index contributed by atoms with van der Waals surface area (Å²) in [6, 6.07) is 17.1. The van der Waals surface area contributed by atoms with Gasteiger partial charge in [-0.1, -0.05) is 24.3 Å². The van der Waals surface area contributed by atoms with E-state index in [1.165, 1.54) is 6.33 Å². The fourth-order valence-corrected chi connectivity index (χ4v) is 4.68. The van der Waals surface area contributed by atoms with Crippen molar-refractivity contribution in [2.75, 3.05) is 43.9 Å². The molecule has 0 radical (unpaired) electrons. The second kappa shape index (κ2) is 12.5. The molecular formula is C29H33N7O3. The highest BCUT2D eigenvalue weighted by Gasteiger charge is 2.27. The van der Waals surface area contributed by atoms with Crippen molar-refractivity contribution in [1.82, 2.24) is 20.2 Å². The van der Waals surface area contributed by atoms with E-state index in [0.717, 1.165) is 31.8 Å². The Morgan fingerprint density at radius 2 is 1.90 bits per heavy atom. The average molecular weight is 528 g/mol. The predicted molar refractivity (Wildman–Crippen MR) is 150 cm³/mol. The molecule has 0 saturated carbocycles. The van der Waals surface area contributed by atoms with Gasteiger partial charge in [-0.3, -0.25) is 10.2 Å². The molecule has 202 valence electrons. The van der Waals surface area contributed by atoms with Gasteiger partial charge in [0.2, 0.25) is 5.91 Å². The van der Waals surface area contributed by atoms with E-state index in [9.17, 15) is 4.79 Å². The quantitative estimate of drug-likeness (QED) is 0.233. The fourth-order valence-electron chi connectivity index (χ4n) is 4.68. The number of nitrogens with zero attached hydrogens (tertiary/aromatic N) is 3. The molecule has 2 fully saturated rings. The Labute approximate surface area is 227 Å². The molecule has 2 unspecified atom stereocenters. The monoisotopic (exact) mass is 527 g/mol. The van der Waals surface area contributed by atoms with Crippen molar-refractivity contribution in [3.05, 3.63) is 84.2 Å². The first-order chi connectivity index (χ1) is 19.1. The van der Waals surface area contributed by atoms with Crippen LogP contribution in [-0.4, -0.2) is 71.4 Å². The van der Waals surface area contributed by atoms with E-state index in [0.29, 0.717) is 48.4 Å². The number of carbonyl (C=O) groups excluding carboxylic acids is 1. The van der Waals surface area contributed by atoms with Crippen LogP contribution in [0.5, 0.6) is 11.5 Å². The van der Waals surface area contributed by atoms with Crippen molar-refractivity contribution < 1.29 is 14.3 Å². The fraction of sp³-hybridized carbons (Fsp3) is 0.310. The van der Waals surface area contributed by atoms with Crippen molar-refractivity contribution in [2.45, 2.75) is 24.9 Å². The van der Waals surface area contributed by atoms with Gasteiger partial charge < -0.3 is 30.7 Å². The molecule has 0 aliphatic carbocycles. The van der Waals surface area contributed by atoms with Gasteiger partial charge in [0.25, 0.3) is 0 Å². The third-order valence-corrected chi connectivity index (χ3v) is 6.80. The van der Waals surface area contributed by atoms with Crippen LogP contribution in [0.15, 0.2) is 73.1 Å². The lowest BCUT2D eigenvalue weighted by Crippen LogP contribution is -2.32. The summed E-state index contributed by atoms with van der Waals surface area (Å²) in [6.07, 6.45) is 6.64. The number of carbonyl (C=O) groups is 1. The molecule has 10 nitrogen and oxygen atoms in total. The number of ether oxygens (including phenoxy) is 2. The maximum atomic E-state index is 12.7. The lowest BCUT2D eigenvalue weighted by Gasteiger charge is -2.19. The van der Waals surface area contributed by atoms with E-state index in [-0.39, 0.29) is 23.5 Å². The molecular weight excluding hydrogens is 494 g/mol. The molecule has 0 bridgehead atoms. The first-order valence-corrected chi connectivity index (χ1v) is 13.1. The Morgan fingerprint density at radius 3 is 2.67 bits per heavy atom. The van der Waals surface area contributed by atoms with Crippen LogP contribution in [0.2, 0.25) is 0 Å². The van der Waals surface area contributed by atoms with Gasteiger partial charge in [0.1, 0.15) is 29.5 Å². The molecule has 39 heavy (non-hydrogen) atoms. The maximum Gasteiger partial charge on any atom is 0.246 e. The second-order valence-electron chi connectivity index (χ2n) is 9.58. The Bertz CT molecular complexity index is 1310. The zero-order valence-corrected chi connectivity index (χ0v) is 21.7. The molecule has 0 spiro atoms. The van der Waals surface area contributed by atoms with Crippen molar-refractivity contribution in [1.29, 1.82) is 5.41 Å². The second-order valence-corrected chi connectivity index (χ2v) is 9.58. The van der Waals surface area contributed by atoms with Crippen LogP contribution >= 0.6 is 0 Å². The van der Waals surface area contributed by atoms with Gasteiger partial charge in [-0.05, 0) is 49.2 Å². The molecule has 10 heteroatoms. The molecule has 3 aromatic rings. The first kappa shape index (κ1) is 26.3. The van der Waals surface area contributed by atoms with E-state index >= 15 is 0 Å². The molecule has 2 saturated heterocycles. The molecule has 2 aliphatic rings. The number of rotatable bonds is 10. The van der Waals surface area contributed by atoms with Crippen LogP contribution in [0.3, 0.4) is 0 Å². The van der Waals surface area contributed by atoms with Crippen molar-refractivity contribution in [3.8, 4) is 11.5 Å². The van der Waals surface area contributed by atoms with Gasteiger partial charge in [0.15, 0.2) is 0 Å². The standard InChI is InChI=1S/C29H33N7O3/c30-27(20-8-10-24(11-9-20)39-23-5-2-1-3-6-23)26-28(31)33-19-34-29(26)35-21-12-15-36(17-21)25(37)7-4-14-32-22-13-16-38-18-22/h1-11,19,21-22,30,32H,12-18H2,(H3,31,33,34,35). The highest BCUT2D eigenvalue weighted by Crippen LogP contribution is 2.26. The van der Waals surface area contributed by atoms with Gasteiger partial charge in [0.05, 0.1) is 17.9 Å². The number of hydrogen-bond acceptors (Lipinski definition) is 9. The normalized spacial score (nSPS) is 18.9. The molecule has 5 rings (SSSR count). The Morgan fingerprint density at radius 1 is 1.10 bits per heavy atom. The number of anilines is 2. The number of nitrogens with two attached hydrogens (primary N) is 1. The molecule has 2 aromatic carbocycles. The molecule has 2 aliphatic heterocycles. The number of nitrogen functional groups attached to an aromatic ring is 1. The smallest absolute Gasteiger partial charge is 0.246 e. The van der Waals surface area contributed by atoms with E-state index in [2.05, 4.69) is 20.6 Å². The third-order valence-electron chi connectivity index (χ3n) is 6.80. The predicted octanol–water partition coefficient (Wildman–Crippen LogP) is 3.21. The summed E-state index contributed by atoms with van der Waals surface area (Å²) in [7, 11) is 0. The van der Waals surface area contributed by atoms with Gasteiger partial charge in [-0.25, -0.2) is 9.97 Å². The van der Waals surface area contributed by atoms with Gasteiger partial charge in [-0.2, -0.15) is 0 Å². The molecule has 3 heterocycles. The van der Waals surface area contributed by atoms with Gasteiger partial charge in [0, 0.05) is 50.0 Å². The minimum Gasteiger partial charge on any atom is -0.457 e. The highest BCUT2D eigenvalue weighted by atomic mass is 16.5. The summed E-state index contributed by atoms with van der Waals surface area (Å²) in [5, 5.41) is 15.6. The van der Waals surface area contributed by atoms with Gasteiger partial charge in [-0.15, -0.1) is 0 Å². The zero-order valence-electron chi connectivity index (χ0n) is 21.7. The number of nitrogens with one attached hydrogen (secondary N) is 3. The number of amides is 1. The van der Waals surface area contributed by atoms with Crippen molar-refractivity contribution >= 4 is 23.3 Å². The summed E-state index contributed by atoms with van der Waals surface area (Å²) in [6.45, 7) is 3.33. The Hall–Kier alpha value is -4.28. The van der Waals surface area contributed by atoms with Crippen LogP contribution in [-0.2, 0) is 9.53 Å². The molecule has 1 aromatic heterocycles. The molecule has 2 atom stereocenters.